The lowest BCUT2D eigenvalue weighted by Gasteiger charge is -2.18. The minimum absolute atomic E-state index is 0.00176. The molecule has 0 bridgehead atoms. The summed E-state index contributed by atoms with van der Waals surface area (Å²) in [5, 5.41) is 0. The maximum atomic E-state index is 10.9. The first kappa shape index (κ1) is 10.9. The van der Waals surface area contributed by atoms with Crippen molar-refractivity contribution >= 4 is 11.8 Å². The minimum Gasteiger partial charge on any atom is -0.370 e. The van der Waals surface area contributed by atoms with Crippen LogP contribution in [-0.4, -0.2) is 29.8 Å². The molecular weight excluding hydrogens is 156 g/mol. The van der Waals surface area contributed by atoms with Crippen molar-refractivity contribution in [1.29, 1.82) is 0 Å². The summed E-state index contributed by atoms with van der Waals surface area (Å²) in [6.07, 6.45) is 1.15. The Morgan fingerprint density at radius 1 is 1.33 bits per heavy atom. The Balaban J connectivity index is 3.79. The lowest BCUT2D eigenvalue weighted by molar-refractivity contribution is -0.129. The van der Waals surface area contributed by atoms with E-state index >= 15 is 0 Å². The molecule has 0 aliphatic heterocycles. The molecule has 0 rings (SSSR count). The standard InChI is InChI=1S/C8H16N2O2/c1-3-5-10(7(2)11)6-4-8(9)12/h3-6H2,1-2H3,(H2,9,12). The van der Waals surface area contributed by atoms with Gasteiger partial charge in [-0.1, -0.05) is 6.92 Å². The van der Waals surface area contributed by atoms with Crippen LogP contribution in [0.15, 0.2) is 0 Å². The number of amides is 2. The van der Waals surface area contributed by atoms with Crippen molar-refractivity contribution in [3.8, 4) is 0 Å². The van der Waals surface area contributed by atoms with Crippen LogP contribution in [0, 0.1) is 0 Å². The Kier molecular flexibility index (Phi) is 5.08. The Bertz CT molecular complexity index is 168. The van der Waals surface area contributed by atoms with E-state index in [4.69, 9.17) is 5.73 Å². The number of hydrogen-bond donors (Lipinski definition) is 1. The third-order valence-corrected chi connectivity index (χ3v) is 1.57. The van der Waals surface area contributed by atoms with Crippen molar-refractivity contribution in [2.45, 2.75) is 26.7 Å². The predicted molar refractivity (Wildman–Crippen MR) is 46.4 cm³/mol. The minimum atomic E-state index is -0.364. The van der Waals surface area contributed by atoms with Crippen molar-refractivity contribution in [2.75, 3.05) is 13.1 Å². The Hall–Kier alpha value is -1.06. The fourth-order valence-electron chi connectivity index (χ4n) is 0.942. The lowest BCUT2D eigenvalue weighted by atomic mass is 10.3. The monoisotopic (exact) mass is 172 g/mol. The number of carbonyl (C=O) groups is 2. The second kappa shape index (κ2) is 5.57. The van der Waals surface area contributed by atoms with Crippen LogP contribution in [-0.2, 0) is 9.59 Å². The molecule has 0 heterocycles. The van der Waals surface area contributed by atoms with E-state index in [9.17, 15) is 9.59 Å². The van der Waals surface area contributed by atoms with Crippen LogP contribution < -0.4 is 5.73 Å². The van der Waals surface area contributed by atoms with Crippen LogP contribution >= 0.6 is 0 Å². The first-order valence-corrected chi connectivity index (χ1v) is 4.11. The van der Waals surface area contributed by atoms with Crippen LogP contribution in [0.2, 0.25) is 0 Å². The van der Waals surface area contributed by atoms with E-state index in [1.165, 1.54) is 6.92 Å². The molecule has 12 heavy (non-hydrogen) atoms. The average molecular weight is 172 g/mol. The quantitative estimate of drug-likeness (QED) is 0.640. The van der Waals surface area contributed by atoms with Gasteiger partial charge < -0.3 is 10.6 Å². The molecule has 0 aliphatic rings. The van der Waals surface area contributed by atoms with E-state index in [2.05, 4.69) is 0 Å². The second-order valence-electron chi connectivity index (χ2n) is 2.72. The molecule has 0 spiro atoms. The van der Waals surface area contributed by atoms with Crippen molar-refractivity contribution in [3.05, 3.63) is 0 Å². The number of nitrogens with two attached hydrogens (primary N) is 1. The first-order valence-electron chi connectivity index (χ1n) is 4.11. The fraction of sp³-hybridized carbons (Fsp3) is 0.750. The first-order chi connectivity index (χ1) is 5.57. The third-order valence-electron chi connectivity index (χ3n) is 1.57. The normalized spacial score (nSPS) is 9.50. The van der Waals surface area contributed by atoms with E-state index in [1.54, 1.807) is 4.90 Å². The van der Waals surface area contributed by atoms with Crippen LogP contribution in [0.3, 0.4) is 0 Å². The zero-order chi connectivity index (χ0) is 9.56. The second-order valence-corrected chi connectivity index (χ2v) is 2.72. The molecule has 2 N–H and O–H groups in total. The van der Waals surface area contributed by atoms with E-state index in [-0.39, 0.29) is 18.2 Å². The van der Waals surface area contributed by atoms with Gasteiger partial charge in [-0.15, -0.1) is 0 Å². The topological polar surface area (TPSA) is 63.4 Å². The maximum Gasteiger partial charge on any atom is 0.219 e. The zero-order valence-corrected chi connectivity index (χ0v) is 7.67. The van der Waals surface area contributed by atoms with Gasteiger partial charge in [0.1, 0.15) is 0 Å². The summed E-state index contributed by atoms with van der Waals surface area (Å²) in [6.45, 7) is 4.62. The van der Waals surface area contributed by atoms with Gasteiger partial charge in [0, 0.05) is 26.4 Å². The molecule has 0 aromatic heterocycles. The van der Waals surface area contributed by atoms with Gasteiger partial charge in [0.15, 0.2) is 0 Å². The van der Waals surface area contributed by atoms with Gasteiger partial charge in [-0.2, -0.15) is 0 Å². The fourth-order valence-corrected chi connectivity index (χ4v) is 0.942. The molecule has 0 atom stereocenters. The highest BCUT2D eigenvalue weighted by Crippen LogP contribution is 1.94. The molecule has 0 saturated carbocycles. The van der Waals surface area contributed by atoms with Gasteiger partial charge in [0.05, 0.1) is 0 Å². The van der Waals surface area contributed by atoms with E-state index in [0.717, 1.165) is 6.42 Å². The summed E-state index contributed by atoms with van der Waals surface area (Å²) in [6, 6.07) is 0. The van der Waals surface area contributed by atoms with Crippen LogP contribution in [0.25, 0.3) is 0 Å². The third kappa shape index (κ3) is 4.71. The predicted octanol–water partition coefficient (Wildman–Crippen LogP) is 0.120. The van der Waals surface area contributed by atoms with Crippen molar-refractivity contribution in [1.82, 2.24) is 4.90 Å². The van der Waals surface area contributed by atoms with Gasteiger partial charge >= 0.3 is 0 Å². The summed E-state index contributed by atoms with van der Waals surface area (Å²) in [4.78, 5) is 23.0. The van der Waals surface area contributed by atoms with Crippen molar-refractivity contribution < 1.29 is 9.59 Å². The van der Waals surface area contributed by atoms with Gasteiger partial charge in [-0.25, -0.2) is 0 Å². The van der Waals surface area contributed by atoms with E-state index < -0.39 is 0 Å². The smallest absolute Gasteiger partial charge is 0.219 e. The molecule has 0 aliphatic carbocycles. The molecule has 0 unspecified atom stereocenters. The highest BCUT2D eigenvalue weighted by Gasteiger charge is 2.07. The van der Waals surface area contributed by atoms with Gasteiger partial charge in [0.2, 0.25) is 11.8 Å². The SMILES string of the molecule is CCCN(CCC(N)=O)C(C)=O. The molecule has 0 radical (unpaired) electrons. The Morgan fingerprint density at radius 3 is 2.25 bits per heavy atom. The van der Waals surface area contributed by atoms with Gasteiger partial charge in [0.25, 0.3) is 0 Å². The number of nitrogens with zero attached hydrogens (tertiary/aromatic N) is 1. The van der Waals surface area contributed by atoms with Crippen LogP contribution in [0.4, 0.5) is 0 Å². The highest BCUT2D eigenvalue weighted by atomic mass is 16.2. The summed E-state index contributed by atoms with van der Waals surface area (Å²) < 4.78 is 0. The number of primary amides is 1. The molecule has 4 heteroatoms. The van der Waals surface area contributed by atoms with Gasteiger partial charge in [-0.05, 0) is 6.42 Å². The molecule has 0 fully saturated rings. The molecule has 2 amide bonds. The molecule has 0 aromatic carbocycles. The van der Waals surface area contributed by atoms with Crippen molar-refractivity contribution in [3.63, 3.8) is 0 Å². The van der Waals surface area contributed by atoms with Crippen LogP contribution in [0.5, 0.6) is 0 Å². The highest BCUT2D eigenvalue weighted by molar-refractivity contribution is 5.76. The average Bonchev–Trinajstić information content (AvgIpc) is 1.96. The number of hydrogen-bond acceptors (Lipinski definition) is 2. The van der Waals surface area contributed by atoms with E-state index in [0.29, 0.717) is 13.1 Å². The summed E-state index contributed by atoms with van der Waals surface area (Å²) in [7, 11) is 0. The Labute approximate surface area is 72.7 Å². The lowest BCUT2D eigenvalue weighted by Crippen LogP contribution is -2.32. The molecule has 0 saturated heterocycles. The summed E-state index contributed by atoms with van der Waals surface area (Å²) >= 11 is 0. The van der Waals surface area contributed by atoms with Gasteiger partial charge in [-0.3, -0.25) is 9.59 Å². The number of carbonyl (C=O) groups excluding carboxylic acids is 2. The van der Waals surface area contributed by atoms with Crippen LogP contribution in [0.1, 0.15) is 26.7 Å². The zero-order valence-electron chi connectivity index (χ0n) is 7.67. The largest absolute Gasteiger partial charge is 0.370 e. The molecule has 0 aromatic rings. The molecule has 70 valence electrons. The molecular formula is C8H16N2O2. The van der Waals surface area contributed by atoms with E-state index in [1.807, 2.05) is 6.92 Å². The summed E-state index contributed by atoms with van der Waals surface area (Å²) in [5.74, 6) is -0.365. The Morgan fingerprint density at radius 2 is 1.92 bits per heavy atom. The summed E-state index contributed by atoms with van der Waals surface area (Å²) in [5.41, 5.74) is 4.96. The maximum absolute atomic E-state index is 10.9. The number of rotatable bonds is 5. The van der Waals surface area contributed by atoms with Crippen molar-refractivity contribution in [2.24, 2.45) is 5.73 Å². The molecule has 4 nitrogen and oxygen atoms in total.